The number of benzene rings is 1. The van der Waals surface area contributed by atoms with Crippen LogP contribution in [0, 0.1) is 0 Å². The molecule has 1 aromatic heterocycles. The highest BCUT2D eigenvalue weighted by Gasteiger charge is 2.11. The third-order valence-corrected chi connectivity index (χ3v) is 3.67. The van der Waals surface area contributed by atoms with Crippen molar-refractivity contribution in [3.63, 3.8) is 0 Å². The van der Waals surface area contributed by atoms with Crippen LogP contribution in [0.1, 0.15) is 18.5 Å². The van der Waals surface area contributed by atoms with Crippen LogP contribution in [0.5, 0.6) is 0 Å². The number of halogens is 1. The van der Waals surface area contributed by atoms with E-state index < -0.39 is 0 Å². The highest BCUT2D eigenvalue weighted by molar-refractivity contribution is 14.0. The summed E-state index contributed by atoms with van der Waals surface area (Å²) in [6, 6.07) is 12.6. The molecule has 0 amide bonds. The first-order valence-corrected chi connectivity index (χ1v) is 7.57. The molecule has 1 heterocycles. The van der Waals surface area contributed by atoms with Gasteiger partial charge in [-0.2, -0.15) is 5.10 Å². The van der Waals surface area contributed by atoms with Crippen LogP contribution in [0.15, 0.2) is 59.7 Å². The molecule has 0 spiro atoms. The summed E-state index contributed by atoms with van der Waals surface area (Å²) in [6.07, 6.45) is 8.50. The van der Waals surface area contributed by atoms with Gasteiger partial charge >= 0.3 is 0 Å². The van der Waals surface area contributed by atoms with Crippen LogP contribution in [-0.2, 0) is 6.54 Å². The average Bonchev–Trinajstić information content (AvgIpc) is 3.24. The molecule has 5 nitrogen and oxygen atoms in total. The van der Waals surface area contributed by atoms with Gasteiger partial charge in [0.05, 0.1) is 17.9 Å². The summed E-state index contributed by atoms with van der Waals surface area (Å²) in [5.41, 5.74) is 2.05. The van der Waals surface area contributed by atoms with Gasteiger partial charge in [-0.05, 0) is 31.0 Å². The molecule has 0 fully saturated rings. The molecule has 0 unspecified atom stereocenters. The maximum absolute atomic E-state index is 4.58. The molecular formula is C17H22IN5. The zero-order valence-corrected chi connectivity index (χ0v) is 15.5. The fourth-order valence-electron chi connectivity index (χ4n) is 2.48. The van der Waals surface area contributed by atoms with Crippen molar-refractivity contribution in [3.8, 4) is 5.69 Å². The number of nitrogens with zero attached hydrogens (tertiary/aromatic N) is 3. The lowest BCUT2D eigenvalue weighted by atomic mass is 10.2. The Morgan fingerprint density at radius 2 is 1.96 bits per heavy atom. The van der Waals surface area contributed by atoms with Gasteiger partial charge in [0, 0.05) is 19.3 Å². The Morgan fingerprint density at radius 1 is 1.22 bits per heavy atom. The van der Waals surface area contributed by atoms with Crippen LogP contribution >= 0.6 is 24.0 Å². The van der Waals surface area contributed by atoms with E-state index in [9.17, 15) is 0 Å². The fraction of sp³-hybridized carbons (Fsp3) is 0.294. The van der Waals surface area contributed by atoms with E-state index in [-0.39, 0.29) is 24.0 Å². The summed E-state index contributed by atoms with van der Waals surface area (Å²) in [4.78, 5) is 4.26. The number of aromatic nitrogens is 2. The van der Waals surface area contributed by atoms with Crippen molar-refractivity contribution < 1.29 is 0 Å². The Morgan fingerprint density at radius 3 is 2.65 bits per heavy atom. The van der Waals surface area contributed by atoms with E-state index in [1.165, 1.54) is 0 Å². The summed E-state index contributed by atoms with van der Waals surface area (Å²) >= 11 is 0. The first-order chi connectivity index (χ1) is 10.8. The number of hydrogen-bond donors (Lipinski definition) is 2. The van der Waals surface area contributed by atoms with Gasteiger partial charge in [0.1, 0.15) is 0 Å². The third kappa shape index (κ3) is 4.82. The van der Waals surface area contributed by atoms with Crippen LogP contribution in [0.4, 0.5) is 0 Å². The van der Waals surface area contributed by atoms with Crippen molar-refractivity contribution in [2.45, 2.75) is 25.4 Å². The molecule has 2 N–H and O–H groups in total. The topological polar surface area (TPSA) is 54.2 Å². The second-order valence-corrected chi connectivity index (χ2v) is 5.30. The molecule has 0 bridgehead atoms. The Bertz CT molecular complexity index is 655. The number of aliphatic imine (C=N–C) groups is 1. The van der Waals surface area contributed by atoms with Gasteiger partial charge in [-0.25, -0.2) is 4.68 Å². The second-order valence-electron chi connectivity index (χ2n) is 5.30. The molecule has 122 valence electrons. The van der Waals surface area contributed by atoms with Crippen LogP contribution in [0.3, 0.4) is 0 Å². The van der Waals surface area contributed by atoms with E-state index in [2.05, 4.69) is 32.9 Å². The molecule has 1 aromatic carbocycles. The summed E-state index contributed by atoms with van der Waals surface area (Å²) in [5, 5.41) is 11.3. The first-order valence-electron chi connectivity index (χ1n) is 7.57. The fourth-order valence-corrected chi connectivity index (χ4v) is 2.48. The van der Waals surface area contributed by atoms with Crippen molar-refractivity contribution in [1.82, 2.24) is 20.4 Å². The molecule has 1 aliphatic carbocycles. The largest absolute Gasteiger partial charge is 0.353 e. The average molecular weight is 423 g/mol. The minimum Gasteiger partial charge on any atom is -0.353 e. The summed E-state index contributed by atoms with van der Waals surface area (Å²) in [7, 11) is 1.79. The highest BCUT2D eigenvalue weighted by atomic mass is 127. The summed E-state index contributed by atoms with van der Waals surface area (Å²) < 4.78 is 1.88. The predicted molar refractivity (Wildman–Crippen MR) is 104 cm³/mol. The second kappa shape index (κ2) is 8.71. The maximum atomic E-state index is 4.58. The van der Waals surface area contributed by atoms with Gasteiger partial charge in [0.2, 0.25) is 0 Å². The Balaban J connectivity index is 0.00000192. The van der Waals surface area contributed by atoms with Crippen molar-refractivity contribution in [2.24, 2.45) is 4.99 Å². The number of hydrogen-bond acceptors (Lipinski definition) is 2. The van der Waals surface area contributed by atoms with Crippen LogP contribution < -0.4 is 10.6 Å². The number of rotatable bonds is 4. The quantitative estimate of drug-likeness (QED) is 0.344. The van der Waals surface area contributed by atoms with E-state index in [0.29, 0.717) is 12.6 Å². The normalized spacial score (nSPS) is 14.6. The van der Waals surface area contributed by atoms with E-state index in [1.54, 1.807) is 7.05 Å². The van der Waals surface area contributed by atoms with E-state index in [4.69, 9.17) is 0 Å². The molecule has 3 rings (SSSR count). The highest BCUT2D eigenvalue weighted by Crippen LogP contribution is 2.09. The minimum absolute atomic E-state index is 0. The Kier molecular flexibility index (Phi) is 6.64. The van der Waals surface area contributed by atoms with E-state index >= 15 is 0 Å². The molecule has 0 aliphatic heterocycles. The van der Waals surface area contributed by atoms with Crippen molar-refractivity contribution in [1.29, 1.82) is 0 Å². The van der Waals surface area contributed by atoms with E-state index in [0.717, 1.165) is 30.2 Å². The minimum atomic E-state index is 0. The lowest BCUT2D eigenvalue weighted by molar-refractivity contribution is 0.631. The van der Waals surface area contributed by atoms with Gasteiger partial charge in [0.25, 0.3) is 0 Å². The SMILES string of the molecule is CN=C(NCc1ccn(-c2ccccc2)n1)NC1CC=CC1.I. The van der Waals surface area contributed by atoms with Crippen molar-refractivity contribution >= 4 is 29.9 Å². The molecule has 23 heavy (non-hydrogen) atoms. The van der Waals surface area contributed by atoms with Gasteiger partial charge in [-0.1, -0.05) is 30.4 Å². The lowest BCUT2D eigenvalue weighted by Gasteiger charge is -2.16. The van der Waals surface area contributed by atoms with Crippen molar-refractivity contribution in [2.75, 3.05) is 7.05 Å². The first kappa shape index (κ1) is 17.5. The maximum Gasteiger partial charge on any atom is 0.191 e. The van der Waals surface area contributed by atoms with Gasteiger partial charge in [0.15, 0.2) is 5.96 Å². The molecule has 0 radical (unpaired) electrons. The van der Waals surface area contributed by atoms with Gasteiger partial charge < -0.3 is 10.6 Å². The predicted octanol–water partition coefficient (Wildman–Crippen LogP) is 2.87. The Labute approximate surface area is 153 Å². The number of para-hydroxylation sites is 1. The van der Waals surface area contributed by atoms with Gasteiger partial charge in [-0.3, -0.25) is 4.99 Å². The molecule has 1 aliphatic rings. The van der Waals surface area contributed by atoms with Crippen molar-refractivity contribution in [3.05, 3.63) is 60.4 Å². The number of nitrogens with one attached hydrogen (secondary N) is 2. The molecule has 6 heteroatoms. The van der Waals surface area contributed by atoms with Crippen LogP contribution in [-0.4, -0.2) is 28.8 Å². The zero-order valence-electron chi connectivity index (χ0n) is 13.1. The molecule has 0 saturated carbocycles. The third-order valence-electron chi connectivity index (χ3n) is 3.67. The molecular weight excluding hydrogens is 401 g/mol. The molecule has 0 atom stereocenters. The zero-order chi connectivity index (χ0) is 15.2. The number of guanidine groups is 1. The molecule has 0 saturated heterocycles. The lowest BCUT2D eigenvalue weighted by Crippen LogP contribution is -2.42. The summed E-state index contributed by atoms with van der Waals surface area (Å²) in [5.74, 6) is 0.822. The van der Waals surface area contributed by atoms with Gasteiger partial charge in [-0.15, -0.1) is 24.0 Å². The standard InChI is InChI=1S/C17H21N5.HI/c1-18-17(20-14-7-5-6-8-14)19-13-15-11-12-22(21-15)16-9-3-2-4-10-16;/h2-6,9-12,14H,7-8,13H2,1H3,(H2,18,19,20);1H. The summed E-state index contributed by atoms with van der Waals surface area (Å²) in [6.45, 7) is 0.652. The van der Waals surface area contributed by atoms with Crippen LogP contribution in [0.25, 0.3) is 5.69 Å². The molecule has 2 aromatic rings. The van der Waals surface area contributed by atoms with Crippen LogP contribution in [0.2, 0.25) is 0 Å². The van der Waals surface area contributed by atoms with E-state index in [1.807, 2.05) is 47.3 Å². The Hall–Kier alpha value is -1.83. The smallest absolute Gasteiger partial charge is 0.191 e. The monoisotopic (exact) mass is 423 g/mol.